The van der Waals surface area contributed by atoms with Gasteiger partial charge in [-0.1, -0.05) is 39.7 Å². The Bertz CT molecular complexity index is 720. The average Bonchev–Trinajstić information content (AvgIpc) is 2.84. The van der Waals surface area contributed by atoms with Crippen LogP contribution in [0.4, 0.5) is 10.1 Å². The van der Waals surface area contributed by atoms with Crippen LogP contribution in [0.2, 0.25) is 5.02 Å². The molecule has 2 aromatic carbocycles. The van der Waals surface area contributed by atoms with Crippen molar-refractivity contribution >= 4 is 39.2 Å². The van der Waals surface area contributed by atoms with Gasteiger partial charge in [-0.3, -0.25) is 4.99 Å². The molecule has 1 heterocycles. The van der Waals surface area contributed by atoms with E-state index in [0.717, 1.165) is 10.0 Å². The first-order chi connectivity index (χ1) is 10.1. The molecule has 2 N–H and O–H groups in total. The standard InChI is InChI=1S/C15H12BrClFN3/c16-9-5-6-11(17)10(7-9)14-8-20-15(19)21(14)13-4-2-1-3-12(13)18/h1-7,14H,8H2,(H2,19,20). The summed E-state index contributed by atoms with van der Waals surface area (Å²) in [6, 6.07) is 11.9. The molecule has 0 spiro atoms. The van der Waals surface area contributed by atoms with Crippen molar-refractivity contribution in [2.75, 3.05) is 11.4 Å². The van der Waals surface area contributed by atoms with Crippen LogP contribution in [0.1, 0.15) is 11.6 Å². The minimum absolute atomic E-state index is 0.216. The van der Waals surface area contributed by atoms with Crippen molar-refractivity contribution in [2.45, 2.75) is 6.04 Å². The zero-order valence-corrected chi connectivity index (χ0v) is 13.3. The monoisotopic (exact) mass is 367 g/mol. The van der Waals surface area contributed by atoms with Gasteiger partial charge in [0.1, 0.15) is 5.82 Å². The lowest BCUT2D eigenvalue weighted by Gasteiger charge is -2.27. The Morgan fingerprint density at radius 3 is 2.81 bits per heavy atom. The maximum Gasteiger partial charge on any atom is 0.196 e. The average molecular weight is 369 g/mol. The lowest BCUT2D eigenvalue weighted by molar-refractivity contribution is 0.619. The first-order valence-electron chi connectivity index (χ1n) is 6.36. The third-order valence-corrected chi connectivity index (χ3v) is 4.25. The number of halogens is 3. The molecule has 1 aliphatic rings. The summed E-state index contributed by atoms with van der Waals surface area (Å²) in [5.41, 5.74) is 7.21. The summed E-state index contributed by atoms with van der Waals surface area (Å²) >= 11 is 9.71. The van der Waals surface area contributed by atoms with E-state index >= 15 is 0 Å². The molecule has 0 bridgehead atoms. The van der Waals surface area contributed by atoms with Crippen LogP contribution in [0.15, 0.2) is 51.9 Å². The predicted octanol–water partition coefficient (Wildman–Crippen LogP) is 4.12. The van der Waals surface area contributed by atoms with Crippen LogP contribution in [-0.2, 0) is 0 Å². The Kier molecular flexibility index (Phi) is 3.87. The summed E-state index contributed by atoms with van der Waals surface area (Å²) in [5.74, 6) is -0.0465. The van der Waals surface area contributed by atoms with Crippen molar-refractivity contribution < 1.29 is 4.39 Å². The van der Waals surface area contributed by atoms with Crippen molar-refractivity contribution in [2.24, 2.45) is 10.7 Å². The van der Waals surface area contributed by atoms with Crippen LogP contribution < -0.4 is 10.6 Å². The first kappa shape index (κ1) is 14.4. The van der Waals surface area contributed by atoms with Crippen LogP contribution in [0, 0.1) is 5.82 Å². The van der Waals surface area contributed by atoms with E-state index in [4.69, 9.17) is 17.3 Å². The van der Waals surface area contributed by atoms with Crippen LogP contribution in [0.3, 0.4) is 0 Å². The Labute approximate surface area is 135 Å². The molecule has 3 rings (SSSR count). The topological polar surface area (TPSA) is 41.6 Å². The summed E-state index contributed by atoms with van der Waals surface area (Å²) in [7, 11) is 0. The van der Waals surface area contributed by atoms with Gasteiger partial charge in [0.25, 0.3) is 0 Å². The maximum atomic E-state index is 14.1. The van der Waals surface area contributed by atoms with Gasteiger partial charge in [0.2, 0.25) is 0 Å². The van der Waals surface area contributed by atoms with Crippen LogP contribution in [0.5, 0.6) is 0 Å². The summed E-state index contributed by atoms with van der Waals surface area (Å²) in [5, 5.41) is 0.606. The van der Waals surface area contributed by atoms with Gasteiger partial charge in [-0.25, -0.2) is 4.39 Å². The summed E-state index contributed by atoms with van der Waals surface area (Å²) in [6.07, 6.45) is 0. The quantitative estimate of drug-likeness (QED) is 0.866. The van der Waals surface area contributed by atoms with Gasteiger partial charge in [0, 0.05) is 9.50 Å². The molecule has 0 aliphatic carbocycles. The van der Waals surface area contributed by atoms with E-state index < -0.39 is 0 Å². The Morgan fingerprint density at radius 2 is 2.05 bits per heavy atom. The second kappa shape index (κ2) is 5.66. The number of rotatable bonds is 2. The molecular formula is C15H12BrClFN3. The molecule has 1 aliphatic heterocycles. The zero-order chi connectivity index (χ0) is 15.0. The third-order valence-electron chi connectivity index (χ3n) is 3.41. The molecule has 0 amide bonds. The van der Waals surface area contributed by atoms with Crippen LogP contribution in [0.25, 0.3) is 0 Å². The number of nitrogens with zero attached hydrogens (tertiary/aromatic N) is 2. The van der Waals surface area contributed by atoms with E-state index in [1.54, 1.807) is 29.2 Å². The fraction of sp³-hybridized carbons (Fsp3) is 0.133. The first-order valence-corrected chi connectivity index (χ1v) is 7.53. The second-order valence-corrected chi connectivity index (χ2v) is 6.02. The Hall–Kier alpha value is -1.59. The van der Waals surface area contributed by atoms with E-state index in [0.29, 0.717) is 23.2 Å². The van der Waals surface area contributed by atoms with Gasteiger partial charge in [-0.2, -0.15) is 0 Å². The highest BCUT2D eigenvalue weighted by Crippen LogP contribution is 2.36. The normalized spacial score (nSPS) is 18.0. The predicted molar refractivity (Wildman–Crippen MR) is 87.3 cm³/mol. The molecular weight excluding hydrogens is 357 g/mol. The fourth-order valence-corrected chi connectivity index (χ4v) is 3.07. The Morgan fingerprint density at radius 1 is 1.29 bits per heavy atom. The molecule has 0 aromatic heterocycles. The van der Waals surface area contributed by atoms with Crippen molar-refractivity contribution in [1.29, 1.82) is 0 Å². The van der Waals surface area contributed by atoms with E-state index in [2.05, 4.69) is 20.9 Å². The molecule has 2 aromatic rings. The molecule has 3 nitrogen and oxygen atoms in total. The number of hydrogen-bond donors (Lipinski definition) is 1. The van der Waals surface area contributed by atoms with Crippen molar-refractivity contribution in [3.63, 3.8) is 0 Å². The molecule has 0 saturated carbocycles. The molecule has 0 fully saturated rings. The maximum absolute atomic E-state index is 14.1. The van der Waals surface area contributed by atoms with E-state index in [-0.39, 0.29) is 11.9 Å². The van der Waals surface area contributed by atoms with Gasteiger partial charge < -0.3 is 10.6 Å². The fourth-order valence-electron chi connectivity index (χ4n) is 2.44. The van der Waals surface area contributed by atoms with Crippen LogP contribution >= 0.6 is 27.5 Å². The second-order valence-electron chi connectivity index (χ2n) is 4.70. The molecule has 21 heavy (non-hydrogen) atoms. The van der Waals surface area contributed by atoms with Gasteiger partial charge in [0.15, 0.2) is 5.96 Å². The molecule has 1 unspecified atom stereocenters. The number of guanidine groups is 1. The van der Waals surface area contributed by atoms with Gasteiger partial charge in [-0.05, 0) is 35.9 Å². The number of benzene rings is 2. The van der Waals surface area contributed by atoms with Gasteiger partial charge >= 0.3 is 0 Å². The zero-order valence-electron chi connectivity index (χ0n) is 10.9. The van der Waals surface area contributed by atoms with E-state index in [1.165, 1.54) is 6.07 Å². The van der Waals surface area contributed by atoms with E-state index in [1.807, 2.05) is 12.1 Å². The smallest absolute Gasteiger partial charge is 0.196 e. The van der Waals surface area contributed by atoms with E-state index in [9.17, 15) is 4.39 Å². The lowest BCUT2D eigenvalue weighted by Crippen LogP contribution is -2.36. The number of nitrogens with two attached hydrogens (primary N) is 1. The highest BCUT2D eigenvalue weighted by Gasteiger charge is 2.31. The Balaban J connectivity index is 2.07. The summed E-state index contributed by atoms with van der Waals surface area (Å²) in [4.78, 5) is 5.93. The summed E-state index contributed by atoms with van der Waals surface area (Å²) in [6.45, 7) is 0.441. The van der Waals surface area contributed by atoms with Gasteiger partial charge in [0.05, 0.1) is 18.3 Å². The number of anilines is 1. The molecule has 1 atom stereocenters. The van der Waals surface area contributed by atoms with Crippen LogP contribution in [-0.4, -0.2) is 12.5 Å². The molecule has 0 radical (unpaired) electrons. The highest BCUT2D eigenvalue weighted by molar-refractivity contribution is 9.10. The summed E-state index contributed by atoms with van der Waals surface area (Å²) < 4.78 is 15.0. The van der Waals surface area contributed by atoms with Crippen molar-refractivity contribution in [3.05, 3.63) is 63.3 Å². The van der Waals surface area contributed by atoms with Gasteiger partial charge in [-0.15, -0.1) is 0 Å². The lowest BCUT2D eigenvalue weighted by atomic mass is 10.1. The minimum Gasteiger partial charge on any atom is -0.369 e. The number of hydrogen-bond acceptors (Lipinski definition) is 3. The largest absolute Gasteiger partial charge is 0.369 e. The SMILES string of the molecule is NC1=NCC(c2cc(Br)ccc2Cl)N1c1ccccc1F. The minimum atomic E-state index is -0.339. The van der Waals surface area contributed by atoms with Crippen molar-refractivity contribution in [1.82, 2.24) is 0 Å². The van der Waals surface area contributed by atoms with Crippen molar-refractivity contribution in [3.8, 4) is 0 Å². The third kappa shape index (κ3) is 2.63. The molecule has 108 valence electrons. The number of aliphatic imine (C=N–C) groups is 1. The highest BCUT2D eigenvalue weighted by atomic mass is 79.9. The number of para-hydroxylation sites is 1. The molecule has 6 heteroatoms. The molecule has 0 saturated heterocycles.